The van der Waals surface area contributed by atoms with Crippen LogP contribution in [0.25, 0.3) is 11.0 Å². The Balaban J connectivity index is 1.68. The van der Waals surface area contributed by atoms with Gasteiger partial charge in [0.15, 0.2) is 16.8 Å². The lowest BCUT2D eigenvalue weighted by Gasteiger charge is -2.04. The maximum atomic E-state index is 13.2. The maximum Gasteiger partial charge on any atom is 0.234 e. The molecule has 0 saturated carbocycles. The van der Waals surface area contributed by atoms with Gasteiger partial charge >= 0.3 is 0 Å². The minimum Gasteiger partial charge on any atom is -0.333 e. The van der Waals surface area contributed by atoms with Gasteiger partial charge in [0.05, 0.1) is 33.9 Å². The Morgan fingerprint density at radius 1 is 1.33 bits per heavy atom. The van der Waals surface area contributed by atoms with Crippen LogP contribution in [0.2, 0.25) is 0 Å². The number of anilines is 1. The fraction of sp³-hybridized carbons (Fsp3) is 0.267. The van der Waals surface area contributed by atoms with E-state index in [0.717, 1.165) is 35.3 Å². The van der Waals surface area contributed by atoms with E-state index < -0.39 is 11.6 Å². The highest BCUT2D eigenvalue weighted by Gasteiger charge is 2.14. The van der Waals surface area contributed by atoms with E-state index in [0.29, 0.717) is 21.9 Å². The van der Waals surface area contributed by atoms with Crippen molar-refractivity contribution < 1.29 is 13.6 Å². The zero-order valence-electron chi connectivity index (χ0n) is 13.3. The van der Waals surface area contributed by atoms with Gasteiger partial charge in [-0.3, -0.25) is 9.48 Å². The molecule has 9 heteroatoms. The first-order valence-corrected chi connectivity index (χ1v) is 8.11. The zero-order chi connectivity index (χ0) is 17.4. The average molecular weight is 351 g/mol. The third-order valence-corrected chi connectivity index (χ3v) is 4.49. The Hall–Kier alpha value is -2.42. The van der Waals surface area contributed by atoms with E-state index in [9.17, 15) is 13.6 Å². The van der Waals surface area contributed by atoms with Gasteiger partial charge in [0, 0.05) is 19.2 Å². The third-order valence-electron chi connectivity index (χ3n) is 3.62. The van der Waals surface area contributed by atoms with E-state index >= 15 is 0 Å². The molecule has 2 N–H and O–H groups in total. The quantitative estimate of drug-likeness (QED) is 0.709. The molecule has 0 aliphatic heterocycles. The first kappa shape index (κ1) is 16.4. The van der Waals surface area contributed by atoms with E-state index in [1.807, 2.05) is 13.8 Å². The summed E-state index contributed by atoms with van der Waals surface area (Å²) in [5.74, 6) is -2.00. The number of imidazole rings is 1. The number of rotatable bonds is 4. The molecule has 3 aromatic rings. The molecule has 0 spiro atoms. The predicted molar refractivity (Wildman–Crippen MR) is 88.0 cm³/mol. The first-order valence-electron chi connectivity index (χ1n) is 7.12. The van der Waals surface area contributed by atoms with Crippen molar-refractivity contribution in [3.8, 4) is 0 Å². The first-order chi connectivity index (χ1) is 11.3. The van der Waals surface area contributed by atoms with Crippen LogP contribution in [0.1, 0.15) is 11.4 Å². The van der Waals surface area contributed by atoms with Gasteiger partial charge in [-0.05, 0) is 13.8 Å². The lowest BCUT2D eigenvalue weighted by atomic mass is 10.3. The van der Waals surface area contributed by atoms with Crippen LogP contribution in [0, 0.1) is 25.5 Å². The van der Waals surface area contributed by atoms with Crippen LogP contribution in [-0.4, -0.2) is 31.4 Å². The molecule has 2 aromatic heterocycles. The highest BCUT2D eigenvalue weighted by molar-refractivity contribution is 7.99. The van der Waals surface area contributed by atoms with Gasteiger partial charge in [-0.15, -0.1) is 0 Å². The molecular formula is C15H15F2N5OS. The number of hydrogen-bond donors (Lipinski definition) is 2. The number of nitrogens with one attached hydrogen (secondary N) is 2. The van der Waals surface area contributed by atoms with Gasteiger partial charge in [0.2, 0.25) is 5.91 Å². The third kappa shape index (κ3) is 3.12. The molecule has 0 fully saturated rings. The van der Waals surface area contributed by atoms with E-state index in [2.05, 4.69) is 20.4 Å². The van der Waals surface area contributed by atoms with Crippen LogP contribution in [0.3, 0.4) is 0 Å². The summed E-state index contributed by atoms with van der Waals surface area (Å²) in [6.45, 7) is 3.68. The fourth-order valence-corrected chi connectivity index (χ4v) is 3.00. The zero-order valence-corrected chi connectivity index (χ0v) is 14.1. The number of aromatic amines is 1. The molecule has 0 aliphatic carbocycles. The molecule has 3 rings (SSSR count). The average Bonchev–Trinajstić information content (AvgIpc) is 3.01. The van der Waals surface area contributed by atoms with Crippen molar-refractivity contribution in [2.45, 2.75) is 19.0 Å². The Bertz CT molecular complexity index is 895. The lowest BCUT2D eigenvalue weighted by Crippen LogP contribution is -2.15. The monoisotopic (exact) mass is 351 g/mol. The number of H-pyrrole nitrogens is 1. The molecule has 2 heterocycles. The summed E-state index contributed by atoms with van der Waals surface area (Å²) >= 11 is 1.15. The van der Waals surface area contributed by atoms with Crippen LogP contribution in [0.4, 0.5) is 14.5 Å². The molecule has 1 aromatic carbocycles. The highest BCUT2D eigenvalue weighted by Crippen LogP contribution is 2.23. The van der Waals surface area contributed by atoms with Crippen molar-refractivity contribution in [1.82, 2.24) is 19.7 Å². The number of fused-ring (bicyclic) bond motifs is 1. The molecule has 0 radical (unpaired) electrons. The summed E-state index contributed by atoms with van der Waals surface area (Å²) < 4.78 is 28.1. The molecule has 1 amide bonds. The second-order valence-corrected chi connectivity index (χ2v) is 6.30. The number of benzene rings is 1. The van der Waals surface area contributed by atoms with E-state index in [1.54, 1.807) is 11.7 Å². The summed E-state index contributed by atoms with van der Waals surface area (Å²) in [5.41, 5.74) is 2.99. The second kappa shape index (κ2) is 6.23. The number of amides is 1. The Morgan fingerprint density at radius 2 is 2.04 bits per heavy atom. The standard InChI is InChI=1S/C15H15F2N5OS/c1-7-14(8(2)22(3)21-7)20-13(23)6-24-15-18-11-4-9(16)10(17)5-12(11)19-15/h4-5H,6H2,1-3H3,(H,18,19)(H,20,23). The van der Waals surface area contributed by atoms with Gasteiger partial charge in [-0.2, -0.15) is 5.10 Å². The van der Waals surface area contributed by atoms with Crippen LogP contribution < -0.4 is 5.32 Å². The van der Waals surface area contributed by atoms with Crippen molar-refractivity contribution in [1.29, 1.82) is 0 Å². The SMILES string of the molecule is Cc1nn(C)c(C)c1NC(=O)CSc1nc2cc(F)c(F)cc2[nH]1. The molecule has 24 heavy (non-hydrogen) atoms. The van der Waals surface area contributed by atoms with Gasteiger partial charge in [0.1, 0.15) is 0 Å². The highest BCUT2D eigenvalue weighted by atomic mass is 32.2. The Kier molecular flexibility index (Phi) is 4.27. The van der Waals surface area contributed by atoms with Crippen molar-refractivity contribution in [3.05, 3.63) is 35.2 Å². The van der Waals surface area contributed by atoms with Crippen LogP contribution in [0.15, 0.2) is 17.3 Å². The number of halogens is 2. The minimum absolute atomic E-state index is 0.110. The van der Waals surface area contributed by atoms with Crippen LogP contribution in [-0.2, 0) is 11.8 Å². The largest absolute Gasteiger partial charge is 0.333 e. The molecule has 0 bridgehead atoms. The minimum atomic E-state index is -0.953. The lowest BCUT2D eigenvalue weighted by molar-refractivity contribution is -0.113. The van der Waals surface area contributed by atoms with Gasteiger partial charge in [-0.25, -0.2) is 13.8 Å². The van der Waals surface area contributed by atoms with Crippen molar-refractivity contribution in [2.24, 2.45) is 7.05 Å². The van der Waals surface area contributed by atoms with Crippen LogP contribution in [0.5, 0.6) is 0 Å². The maximum absolute atomic E-state index is 13.2. The number of aromatic nitrogens is 4. The Labute approximate surface area is 140 Å². The predicted octanol–water partition coefficient (Wildman–Crippen LogP) is 2.92. The number of carbonyl (C=O) groups is 1. The fourth-order valence-electron chi connectivity index (χ4n) is 2.31. The summed E-state index contributed by atoms with van der Waals surface area (Å²) in [4.78, 5) is 19.1. The van der Waals surface area contributed by atoms with Crippen LogP contribution >= 0.6 is 11.8 Å². The number of carbonyl (C=O) groups excluding carboxylic acids is 1. The summed E-state index contributed by atoms with van der Waals surface area (Å²) in [6.07, 6.45) is 0. The number of aryl methyl sites for hydroxylation is 2. The normalized spacial score (nSPS) is 11.2. The second-order valence-electron chi connectivity index (χ2n) is 5.33. The van der Waals surface area contributed by atoms with Gasteiger partial charge in [0.25, 0.3) is 0 Å². The van der Waals surface area contributed by atoms with E-state index in [4.69, 9.17) is 0 Å². The number of thioether (sulfide) groups is 1. The molecule has 6 nitrogen and oxygen atoms in total. The summed E-state index contributed by atoms with van der Waals surface area (Å²) in [5, 5.41) is 7.47. The summed E-state index contributed by atoms with van der Waals surface area (Å²) in [7, 11) is 1.80. The number of hydrogen-bond acceptors (Lipinski definition) is 4. The van der Waals surface area contributed by atoms with E-state index in [1.165, 1.54) is 0 Å². The van der Waals surface area contributed by atoms with Gasteiger partial charge in [-0.1, -0.05) is 11.8 Å². The molecule has 0 atom stereocenters. The van der Waals surface area contributed by atoms with Crippen molar-refractivity contribution in [3.63, 3.8) is 0 Å². The van der Waals surface area contributed by atoms with Crippen molar-refractivity contribution in [2.75, 3.05) is 11.1 Å². The van der Waals surface area contributed by atoms with Gasteiger partial charge < -0.3 is 10.3 Å². The summed E-state index contributed by atoms with van der Waals surface area (Å²) in [6, 6.07) is 2.07. The topological polar surface area (TPSA) is 75.6 Å². The number of nitrogens with zero attached hydrogens (tertiary/aromatic N) is 3. The molecule has 0 saturated heterocycles. The molecule has 126 valence electrons. The van der Waals surface area contributed by atoms with E-state index in [-0.39, 0.29) is 11.7 Å². The molecule has 0 aliphatic rings. The Morgan fingerprint density at radius 3 is 2.71 bits per heavy atom. The molecule has 0 unspecified atom stereocenters. The molecular weight excluding hydrogens is 336 g/mol. The van der Waals surface area contributed by atoms with Crippen molar-refractivity contribution >= 4 is 34.4 Å². The smallest absolute Gasteiger partial charge is 0.234 e.